The fraction of sp³-hybridized carbons (Fsp3) is 0.417. The number of aromatic nitrogens is 2. The van der Waals surface area contributed by atoms with Crippen LogP contribution in [0.4, 0.5) is 0 Å². The monoisotopic (exact) mass is 281 g/mol. The Morgan fingerprint density at radius 2 is 2.11 bits per heavy atom. The number of sulfonamides is 1. The van der Waals surface area contributed by atoms with Crippen LogP contribution >= 0.6 is 0 Å². The summed E-state index contributed by atoms with van der Waals surface area (Å²) in [6.07, 6.45) is 1.97. The Balaban J connectivity index is 1.99. The van der Waals surface area contributed by atoms with Gasteiger partial charge in [-0.2, -0.15) is 4.31 Å². The molecule has 102 valence electrons. The van der Waals surface area contributed by atoms with Gasteiger partial charge in [-0.1, -0.05) is 5.16 Å². The number of hydrogen-bond acceptors (Lipinski definition) is 4. The lowest BCUT2D eigenvalue weighted by Crippen LogP contribution is -2.38. The summed E-state index contributed by atoms with van der Waals surface area (Å²) in [5.74, 6) is 0.346. The second-order valence-corrected chi connectivity index (χ2v) is 6.56. The van der Waals surface area contributed by atoms with E-state index in [1.165, 1.54) is 4.31 Å². The molecule has 7 heteroatoms. The van der Waals surface area contributed by atoms with Gasteiger partial charge in [-0.3, -0.25) is 0 Å². The summed E-state index contributed by atoms with van der Waals surface area (Å²) < 4.78 is 33.8. The smallest absolute Gasteiger partial charge is 0.248 e. The van der Waals surface area contributed by atoms with E-state index in [4.69, 9.17) is 4.52 Å². The molecule has 6 nitrogen and oxygen atoms in total. The highest BCUT2D eigenvalue weighted by molar-refractivity contribution is 7.89. The van der Waals surface area contributed by atoms with Crippen molar-refractivity contribution in [3.63, 3.8) is 0 Å². The Kier molecular flexibility index (Phi) is 2.75. The van der Waals surface area contributed by atoms with Crippen LogP contribution in [0.25, 0.3) is 0 Å². The van der Waals surface area contributed by atoms with Gasteiger partial charge in [0.2, 0.25) is 10.0 Å². The lowest BCUT2D eigenvalue weighted by atomic mass is 10.3. The van der Waals surface area contributed by atoms with E-state index in [9.17, 15) is 8.42 Å². The third-order valence-corrected chi connectivity index (χ3v) is 5.51. The fourth-order valence-electron chi connectivity index (χ4n) is 2.47. The van der Waals surface area contributed by atoms with Crippen LogP contribution in [0, 0.1) is 13.8 Å². The Bertz CT molecular complexity index is 695. The molecule has 0 bridgehead atoms. The first-order chi connectivity index (χ1) is 9.00. The molecule has 3 rings (SSSR count). The third-order valence-electron chi connectivity index (χ3n) is 3.42. The topological polar surface area (TPSA) is 68.3 Å². The molecule has 0 saturated heterocycles. The van der Waals surface area contributed by atoms with E-state index < -0.39 is 10.0 Å². The molecule has 2 aromatic heterocycles. The molecule has 0 radical (unpaired) electrons. The van der Waals surface area contributed by atoms with Crippen LogP contribution in [-0.4, -0.2) is 29.0 Å². The van der Waals surface area contributed by atoms with E-state index >= 15 is 0 Å². The van der Waals surface area contributed by atoms with Gasteiger partial charge >= 0.3 is 0 Å². The minimum absolute atomic E-state index is 0.201. The zero-order valence-electron chi connectivity index (χ0n) is 10.8. The average Bonchev–Trinajstić information content (AvgIpc) is 2.95. The highest BCUT2D eigenvalue weighted by Gasteiger charge is 2.33. The Hall–Kier alpha value is -1.60. The van der Waals surface area contributed by atoms with Crippen molar-refractivity contribution < 1.29 is 12.9 Å². The Labute approximate surface area is 111 Å². The molecular formula is C12H15N3O3S. The van der Waals surface area contributed by atoms with Crippen molar-refractivity contribution >= 4 is 10.0 Å². The highest BCUT2D eigenvalue weighted by atomic mass is 32.2. The van der Waals surface area contributed by atoms with Crippen molar-refractivity contribution in [3.05, 3.63) is 35.5 Å². The second-order valence-electron chi connectivity index (χ2n) is 4.68. The van der Waals surface area contributed by atoms with E-state index in [0.717, 1.165) is 5.69 Å². The van der Waals surface area contributed by atoms with E-state index in [2.05, 4.69) is 9.72 Å². The van der Waals surface area contributed by atoms with E-state index in [0.29, 0.717) is 31.1 Å². The van der Waals surface area contributed by atoms with Crippen LogP contribution in [0.1, 0.15) is 17.1 Å². The lowest BCUT2D eigenvalue weighted by molar-refractivity contribution is 0.340. The van der Waals surface area contributed by atoms with Crippen molar-refractivity contribution in [1.29, 1.82) is 0 Å². The van der Waals surface area contributed by atoms with Crippen molar-refractivity contribution in [2.24, 2.45) is 0 Å². The SMILES string of the molecule is Cc1noc(C)c1S(=O)(=O)N1CCn2cccc2C1. The van der Waals surface area contributed by atoms with Gasteiger partial charge in [-0.15, -0.1) is 0 Å². The zero-order chi connectivity index (χ0) is 13.6. The van der Waals surface area contributed by atoms with Gasteiger partial charge in [-0.05, 0) is 26.0 Å². The van der Waals surface area contributed by atoms with Crippen molar-refractivity contribution in [2.45, 2.75) is 31.8 Å². The van der Waals surface area contributed by atoms with Gasteiger partial charge in [-0.25, -0.2) is 8.42 Å². The summed E-state index contributed by atoms with van der Waals surface area (Å²) in [7, 11) is -3.54. The Morgan fingerprint density at radius 1 is 1.32 bits per heavy atom. The highest BCUT2D eigenvalue weighted by Crippen LogP contribution is 2.26. The number of fused-ring (bicyclic) bond motifs is 1. The molecule has 3 heterocycles. The van der Waals surface area contributed by atoms with Crippen LogP contribution in [-0.2, 0) is 23.1 Å². The molecule has 0 N–H and O–H groups in total. The first kappa shape index (κ1) is 12.4. The maximum atomic E-state index is 12.6. The van der Waals surface area contributed by atoms with E-state index in [1.807, 2.05) is 18.3 Å². The molecule has 0 spiro atoms. The fourth-order valence-corrected chi connectivity index (χ4v) is 4.16. The normalized spacial score (nSPS) is 16.5. The zero-order valence-corrected chi connectivity index (χ0v) is 11.6. The number of nitrogens with zero attached hydrogens (tertiary/aromatic N) is 3. The summed E-state index contributed by atoms with van der Waals surface area (Å²) in [4.78, 5) is 0.201. The minimum atomic E-state index is -3.54. The molecule has 19 heavy (non-hydrogen) atoms. The maximum absolute atomic E-state index is 12.6. The van der Waals surface area contributed by atoms with Crippen LogP contribution in [0.2, 0.25) is 0 Å². The predicted octanol–water partition coefficient (Wildman–Crippen LogP) is 1.30. The van der Waals surface area contributed by atoms with Gasteiger partial charge in [0.15, 0.2) is 5.76 Å². The third kappa shape index (κ3) is 1.89. The molecule has 1 aliphatic heterocycles. The lowest BCUT2D eigenvalue weighted by Gasteiger charge is -2.27. The largest absolute Gasteiger partial charge is 0.360 e. The van der Waals surface area contributed by atoms with Gasteiger partial charge in [0.1, 0.15) is 10.6 Å². The van der Waals surface area contributed by atoms with E-state index in [1.54, 1.807) is 13.8 Å². The minimum Gasteiger partial charge on any atom is -0.360 e. The van der Waals surface area contributed by atoms with Crippen LogP contribution in [0.3, 0.4) is 0 Å². The average molecular weight is 281 g/mol. The molecule has 2 aromatic rings. The summed E-state index contributed by atoms with van der Waals surface area (Å²) in [5, 5.41) is 3.73. The molecule has 0 aromatic carbocycles. The van der Waals surface area contributed by atoms with Crippen LogP contribution in [0.15, 0.2) is 27.7 Å². The van der Waals surface area contributed by atoms with Crippen LogP contribution < -0.4 is 0 Å². The molecule has 0 amide bonds. The van der Waals surface area contributed by atoms with Crippen molar-refractivity contribution in [3.8, 4) is 0 Å². The van der Waals surface area contributed by atoms with Gasteiger partial charge < -0.3 is 9.09 Å². The molecule has 0 unspecified atom stereocenters. The summed E-state index contributed by atoms with van der Waals surface area (Å²) >= 11 is 0. The summed E-state index contributed by atoms with van der Waals surface area (Å²) in [5.41, 5.74) is 1.42. The number of aryl methyl sites for hydroxylation is 2. The van der Waals surface area contributed by atoms with Gasteiger partial charge in [0.05, 0.1) is 6.54 Å². The number of rotatable bonds is 2. The molecule has 0 aliphatic carbocycles. The predicted molar refractivity (Wildman–Crippen MR) is 68.0 cm³/mol. The van der Waals surface area contributed by atoms with Crippen molar-refractivity contribution in [1.82, 2.24) is 14.0 Å². The van der Waals surface area contributed by atoms with Gasteiger partial charge in [0, 0.05) is 25.0 Å². The van der Waals surface area contributed by atoms with Crippen molar-refractivity contribution in [2.75, 3.05) is 6.54 Å². The second kappa shape index (κ2) is 4.21. The molecule has 0 fully saturated rings. The molecule has 0 saturated carbocycles. The summed E-state index contributed by atoms with van der Waals surface area (Å²) in [6.45, 7) is 4.80. The summed E-state index contributed by atoms with van der Waals surface area (Å²) in [6, 6.07) is 3.87. The van der Waals surface area contributed by atoms with E-state index in [-0.39, 0.29) is 4.90 Å². The molecular weight excluding hydrogens is 266 g/mol. The van der Waals surface area contributed by atoms with Crippen LogP contribution in [0.5, 0.6) is 0 Å². The number of hydrogen-bond donors (Lipinski definition) is 0. The standard InChI is InChI=1S/C12H15N3O3S/c1-9-12(10(2)18-13-9)19(16,17)15-7-6-14-5-3-4-11(14)8-15/h3-5H,6-8H2,1-2H3. The first-order valence-electron chi connectivity index (χ1n) is 6.07. The van der Waals surface area contributed by atoms with Gasteiger partial charge in [0.25, 0.3) is 0 Å². The first-order valence-corrected chi connectivity index (χ1v) is 7.51. The molecule has 0 atom stereocenters. The quantitative estimate of drug-likeness (QED) is 0.832. The maximum Gasteiger partial charge on any atom is 0.248 e. The Morgan fingerprint density at radius 3 is 2.79 bits per heavy atom. The molecule has 1 aliphatic rings.